The van der Waals surface area contributed by atoms with Crippen LogP contribution >= 0.6 is 15.9 Å². The SMILES string of the molecule is COC1CCCN(c2cc(Br)ccc2CO)C1. The monoisotopic (exact) mass is 299 g/mol. The van der Waals surface area contributed by atoms with Crippen molar-refractivity contribution in [2.75, 3.05) is 25.1 Å². The van der Waals surface area contributed by atoms with Gasteiger partial charge in [-0.15, -0.1) is 0 Å². The van der Waals surface area contributed by atoms with Crippen LogP contribution in [-0.4, -0.2) is 31.4 Å². The molecule has 1 aromatic carbocycles. The summed E-state index contributed by atoms with van der Waals surface area (Å²) < 4.78 is 6.48. The molecule has 0 saturated carbocycles. The minimum atomic E-state index is 0.0801. The molecule has 1 aromatic rings. The fourth-order valence-electron chi connectivity index (χ4n) is 2.31. The van der Waals surface area contributed by atoms with Gasteiger partial charge < -0.3 is 14.7 Å². The number of piperidine rings is 1. The van der Waals surface area contributed by atoms with Crippen LogP contribution in [0.5, 0.6) is 0 Å². The van der Waals surface area contributed by atoms with E-state index in [-0.39, 0.29) is 6.61 Å². The van der Waals surface area contributed by atoms with Gasteiger partial charge in [-0.3, -0.25) is 0 Å². The Balaban J connectivity index is 2.22. The van der Waals surface area contributed by atoms with E-state index in [0.29, 0.717) is 6.10 Å². The number of nitrogens with zero attached hydrogens (tertiary/aromatic N) is 1. The van der Waals surface area contributed by atoms with Crippen molar-refractivity contribution in [1.29, 1.82) is 0 Å². The summed E-state index contributed by atoms with van der Waals surface area (Å²) in [6, 6.07) is 6.01. The van der Waals surface area contributed by atoms with E-state index < -0.39 is 0 Å². The van der Waals surface area contributed by atoms with Crippen molar-refractivity contribution in [2.45, 2.75) is 25.6 Å². The van der Waals surface area contributed by atoms with Gasteiger partial charge in [-0.1, -0.05) is 22.0 Å². The summed E-state index contributed by atoms with van der Waals surface area (Å²) in [5, 5.41) is 9.39. The molecule has 0 radical (unpaired) electrons. The van der Waals surface area contributed by atoms with Gasteiger partial charge in [-0.2, -0.15) is 0 Å². The minimum absolute atomic E-state index is 0.0801. The van der Waals surface area contributed by atoms with E-state index >= 15 is 0 Å². The van der Waals surface area contributed by atoms with E-state index in [4.69, 9.17) is 4.74 Å². The van der Waals surface area contributed by atoms with Crippen molar-refractivity contribution in [2.24, 2.45) is 0 Å². The second-order valence-corrected chi connectivity index (χ2v) is 5.29. The molecule has 1 aliphatic heterocycles. The lowest BCUT2D eigenvalue weighted by molar-refractivity contribution is 0.0892. The van der Waals surface area contributed by atoms with Gasteiger partial charge in [0.05, 0.1) is 12.7 Å². The van der Waals surface area contributed by atoms with Crippen molar-refractivity contribution in [3.8, 4) is 0 Å². The summed E-state index contributed by atoms with van der Waals surface area (Å²) in [6.45, 7) is 2.01. The molecule has 0 amide bonds. The molecule has 0 spiro atoms. The Kier molecular flexibility index (Phi) is 4.42. The highest BCUT2D eigenvalue weighted by atomic mass is 79.9. The van der Waals surface area contributed by atoms with Crippen LogP contribution in [-0.2, 0) is 11.3 Å². The third-order valence-electron chi connectivity index (χ3n) is 3.27. The highest BCUT2D eigenvalue weighted by Gasteiger charge is 2.21. The number of aliphatic hydroxyl groups is 1. The molecule has 0 aliphatic carbocycles. The lowest BCUT2D eigenvalue weighted by Crippen LogP contribution is -2.39. The average molecular weight is 300 g/mol. The van der Waals surface area contributed by atoms with Gasteiger partial charge in [-0.05, 0) is 25.0 Å². The summed E-state index contributed by atoms with van der Waals surface area (Å²) >= 11 is 3.48. The van der Waals surface area contributed by atoms with Crippen molar-refractivity contribution in [1.82, 2.24) is 0 Å². The molecule has 0 bridgehead atoms. The maximum absolute atomic E-state index is 9.39. The molecule has 1 saturated heterocycles. The largest absolute Gasteiger partial charge is 0.392 e. The van der Waals surface area contributed by atoms with Gasteiger partial charge in [-0.25, -0.2) is 0 Å². The zero-order valence-electron chi connectivity index (χ0n) is 10.0. The fraction of sp³-hybridized carbons (Fsp3) is 0.538. The molecule has 0 aromatic heterocycles. The number of halogens is 1. The molecule has 94 valence electrons. The molecular formula is C13H18BrNO2. The van der Waals surface area contributed by atoms with Crippen LogP contribution in [0.2, 0.25) is 0 Å². The lowest BCUT2D eigenvalue weighted by atomic mass is 10.1. The van der Waals surface area contributed by atoms with Crippen molar-refractivity contribution in [3.63, 3.8) is 0 Å². The quantitative estimate of drug-likeness (QED) is 0.931. The Morgan fingerprint density at radius 2 is 2.35 bits per heavy atom. The maximum atomic E-state index is 9.39. The smallest absolute Gasteiger partial charge is 0.0746 e. The van der Waals surface area contributed by atoms with E-state index in [1.807, 2.05) is 12.1 Å². The average Bonchev–Trinajstić information content (AvgIpc) is 2.39. The highest BCUT2D eigenvalue weighted by molar-refractivity contribution is 9.10. The second kappa shape index (κ2) is 5.85. The van der Waals surface area contributed by atoms with E-state index in [0.717, 1.165) is 41.7 Å². The summed E-state index contributed by atoms with van der Waals surface area (Å²) in [4.78, 5) is 2.30. The van der Waals surface area contributed by atoms with Gasteiger partial charge in [0.15, 0.2) is 0 Å². The molecule has 1 atom stereocenters. The van der Waals surface area contributed by atoms with Crippen molar-refractivity contribution < 1.29 is 9.84 Å². The summed E-state index contributed by atoms with van der Waals surface area (Å²) in [5.41, 5.74) is 2.09. The Hall–Kier alpha value is -0.580. The highest BCUT2D eigenvalue weighted by Crippen LogP contribution is 2.28. The third kappa shape index (κ3) is 3.00. The summed E-state index contributed by atoms with van der Waals surface area (Å²) in [7, 11) is 1.77. The van der Waals surface area contributed by atoms with E-state index in [1.165, 1.54) is 0 Å². The number of methoxy groups -OCH3 is 1. The Morgan fingerprint density at radius 3 is 3.06 bits per heavy atom. The van der Waals surface area contributed by atoms with Crippen LogP contribution in [0.15, 0.2) is 22.7 Å². The molecular weight excluding hydrogens is 282 g/mol. The van der Waals surface area contributed by atoms with E-state index in [2.05, 4.69) is 26.9 Å². The van der Waals surface area contributed by atoms with Crippen LogP contribution in [0.3, 0.4) is 0 Å². The summed E-state index contributed by atoms with van der Waals surface area (Å²) in [5.74, 6) is 0. The molecule has 1 N–H and O–H groups in total. The number of benzene rings is 1. The molecule has 3 nitrogen and oxygen atoms in total. The van der Waals surface area contributed by atoms with Crippen molar-refractivity contribution >= 4 is 21.6 Å². The van der Waals surface area contributed by atoms with Gasteiger partial charge in [0.25, 0.3) is 0 Å². The Morgan fingerprint density at radius 1 is 1.53 bits per heavy atom. The molecule has 1 heterocycles. The number of ether oxygens (including phenoxy) is 1. The normalized spacial score (nSPS) is 20.6. The molecule has 2 rings (SSSR count). The molecule has 1 fully saturated rings. The lowest BCUT2D eigenvalue weighted by Gasteiger charge is -2.34. The standard InChI is InChI=1S/C13H18BrNO2/c1-17-12-3-2-6-15(8-12)13-7-11(14)5-4-10(13)9-16/h4-5,7,12,16H,2-3,6,8-9H2,1H3. The van der Waals surface area contributed by atoms with Crippen LogP contribution in [0.25, 0.3) is 0 Å². The number of anilines is 1. The molecule has 1 aliphatic rings. The van der Waals surface area contributed by atoms with Crippen LogP contribution in [0.4, 0.5) is 5.69 Å². The predicted molar refractivity (Wildman–Crippen MR) is 72.3 cm³/mol. The fourth-order valence-corrected chi connectivity index (χ4v) is 2.66. The molecule has 1 unspecified atom stereocenters. The Bertz CT molecular complexity index is 384. The number of hydrogen-bond acceptors (Lipinski definition) is 3. The van der Waals surface area contributed by atoms with Gasteiger partial charge in [0.1, 0.15) is 0 Å². The van der Waals surface area contributed by atoms with Gasteiger partial charge in [0, 0.05) is 35.9 Å². The Labute approximate surface area is 111 Å². The zero-order valence-corrected chi connectivity index (χ0v) is 11.6. The molecule has 17 heavy (non-hydrogen) atoms. The zero-order chi connectivity index (χ0) is 12.3. The number of aliphatic hydroxyl groups excluding tert-OH is 1. The number of hydrogen-bond donors (Lipinski definition) is 1. The molecule has 4 heteroatoms. The maximum Gasteiger partial charge on any atom is 0.0746 e. The topological polar surface area (TPSA) is 32.7 Å². The third-order valence-corrected chi connectivity index (χ3v) is 3.76. The predicted octanol–water partition coefficient (Wildman–Crippen LogP) is 2.56. The first kappa shape index (κ1) is 12.9. The van der Waals surface area contributed by atoms with Crippen molar-refractivity contribution in [3.05, 3.63) is 28.2 Å². The second-order valence-electron chi connectivity index (χ2n) is 4.38. The minimum Gasteiger partial charge on any atom is -0.392 e. The first-order valence-electron chi connectivity index (χ1n) is 5.91. The van der Waals surface area contributed by atoms with Crippen LogP contribution in [0.1, 0.15) is 18.4 Å². The van der Waals surface area contributed by atoms with Gasteiger partial charge in [0.2, 0.25) is 0 Å². The number of rotatable bonds is 3. The van der Waals surface area contributed by atoms with Crippen LogP contribution in [0, 0.1) is 0 Å². The first-order chi connectivity index (χ1) is 8.24. The van der Waals surface area contributed by atoms with Gasteiger partial charge >= 0.3 is 0 Å². The van der Waals surface area contributed by atoms with E-state index in [9.17, 15) is 5.11 Å². The van der Waals surface area contributed by atoms with Crippen LogP contribution < -0.4 is 4.90 Å². The summed E-state index contributed by atoms with van der Waals surface area (Å²) in [6.07, 6.45) is 2.56. The van der Waals surface area contributed by atoms with E-state index in [1.54, 1.807) is 7.11 Å². The first-order valence-corrected chi connectivity index (χ1v) is 6.71.